The third kappa shape index (κ3) is 4.09. The smallest absolute Gasteiger partial charge is 0.255 e. The molecule has 7 nitrogen and oxygen atoms in total. The number of methoxy groups -OCH3 is 2. The minimum atomic E-state index is -0.264. The van der Waals surface area contributed by atoms with Crippen LogP contribution in [0, 0.1) is 6.92 Å². The molecule has 1 amide bonds. The predicted molar refractivity (Wildman–Crippen MR) is 106 cm³/mol. The molecule has 1 aliphatic rings. The Labute approximate surface area is 159 Å². The SMILES string of the molecule is COc1ccc(C(=O)Nc2cc(N3CCOCC3)c(C)cc2N)cc1OC. The molecule has 27 heavy (non-hydrogen) atoms. The molecule has 0 atom stereocenters. The van der Waals surface area contributed by atoms with Crippen molar-refractivity contribution in [2.45, 2.75) is 6.92 Å². The van der Waals surface area contributed by atoms with Crippen LogP contribution in [0.25, 0.3) is 0 Å². The Morgan fingerprint density at radius 1 is 1.11 bits per heavy atom. The Balaban J connectivity index is 1.85. The summed E-state index contributed by atoms with van der Waals surface area (Å²) in [5, 5.41) is 2.90. The van der Waals surface area contributed by atoms with E-state index in [0.717, 1.165) is 24.3 Å². The molecule has 0 aliphatic carbocycles. The zero-order chi connectivity index (χ0) is 19.4. The molecule has 2 aromatic carbocycles. The van der Waals surface area contributed by atoms with Crippen LogP contribution in [0.5, 0.6) is 11.5 Å². The fourth-order valence-corrected chi connectivity index (χ4v) is 3.14. The molecule has 7 heteroatoms. The maximum absolute atomic E-state index is 12.7. The van der Waals surface area contributed by atoms with Crippen LogP contribution in [0.2, 0.25) is 0 Å². The monoisotopic (exact) mass is 371 g/mol. The summed E-state index contributed by atoms with van der Waals surface area (Å²) in [6.45, 7) is 5.02. The maximum Gasteiger partial charge on any atom is 0.255 e. The highest BCUT2D eigenvalue weighted by atomic mass is 16.5. The number of benzene rings is 2. The van der Waals surface area contributed by atoms with E-state index in [9.17, 15) is 4.79 Å². The summed E-state index contributed by atoms with van der Waals surface area (Å²) in [4.78, 5) is 15.0. The molecule has 0 unspecified atom stereocenters. The molecule has 0 saturated carbocycles. The minimum Gasteiger partial charge on any atom is -0.493 e. The fraction of sp³-hybridized carbons (Fsp3) is 0.350. The molecule has 3 N–H and O–H groups in total. The van der Waals surface area contributed by atoms with E-state index in [1.165, 1.54) is 7.11 Å². The first-order valence-corrected chi connectivity index (χ1v) is 8.79. The summed E-state index contributed by atoms with van der Waals surface area (Å²) < 4.78 is 15.9. The van der Waals surface area contributed by atoms with Gasteiger partial charge in [0.2, 0.25) is 0 Å². The predicted octanol–water partition coefficient (Wildman–Crippen LogP) is 2.68. The van der Waals surface area contributed by atoms with Crippen LogP contribution < -0.4 is 25.4 Å². The normalized spacial score (nSPS) is 14.0. The molecular formula is C20H25N3O4. The van der Waals surface area contributed by atoms with Gasteiger partial charge in [-0.15, -0.1) is 0 Å². The molecule has 0 aromatic heterocycles. The second-order valence-electron chi connectivity index (χ2n) is 6.35. The minimum absolute atomic E-state index is 0.264. The van der Waals surface area contributed by atoms with Gasteiger partial charge in [0.15, 0.2) is 11.5 Å². The van der Waals surface area contributed by atoms with Gasteiger partial charge in [0.05, 0.1) is 38.8 Å². The average molecular weight is 371 g/mol. The first-order chi connectivity index (χ1) is 13.0. The van der Waals surface area contributed by atoms with Gasteiger partial charge in [-0.2, -0.15) is 0 Å². The Kier molecular flexibility index (Phi) is 5.71. The molecule has 1 aliphatic heterocycles. The Hall–Kier alpha value is -2.93. The lowest BCUT2D eigenvalue weighted by atomic mass is 10.1. The van der Waals surface area contributed by atoms with Gasteiger partial charge < -0.3 is 30.2 Å². The van der Waals surface area contributed by atoms with E-state index in [2.05, 4.69) is 10.2 Å². The number of hydrogen-bond donors (Lipinski definition) is 2. The number of carbonyl (C=O) groups excluding carboxylic acids is 1. The third-order valence-electron chi connectivity index (χ3n) is 4.61. The van der Waals surface area contributed by atoms with Crippen molar-refractivity contribution in [3.05, 3.63) is 41.5 Å². The fourth-order valence-electron chi connectivity index (χ4n) is 3.14. The van der Waals surface area contributed by atoms with E-state index in [4.69, 9.17) is 19.9 Å². The maximum atomic E-state index is 12.7. The third-order valence-corrected chi connectivity index (χ3v) is 4.61. The van der Waals surface area contributed by atoms with Gasteiger partial charge in [0.1, 0.15) is 0 Å². The van der Waals surface area contributed by atoms with Crippen molar-refractivity contribution in [2.75, 3.05) is 56.5 Å². The van der Waals surface area contributed by atoms with Gasteiger partial charge in [0, 0.05) is 24.3 Å². The van der Waals surface area contributed by atoms with E-state index >= 15 is 0 Å². The van der Waals surface area contributed by atoms with Crippen LogP contribution in [0.3, 0.4) is 0 Å². The van der Waals surface area contributed by atoms with E-state index in [-0.39, 0.29) is 5.91 Å². The van der Waals surface area contributed by atoms with Crippen LogP contribution in [-0.4, -0.2) is 46.4 Å². The van der Waals surface area contributed by atoms with Crippen molar-refractivity contribution in [3.63, 3.8) is 0 Å². The largest absolute Gasteiger partial charge is 0.493 e. The summed E-state index contributed by atoms with van der Waals surface area (Å²) in [5.74, 6) is 0.800. The number of morpholine rings is 1. The Bertz CT molecular complexity index is 832. The zero-order valence-electron chi connectivity index (χ0n) is 15.9. The van der Waals surface area contributed by atoms with Gasteiger partial charge in [-0.05, 0) is 42.8 Å². The van der Waals surface area contributed by atoms with Crippen LogP contribution >= 0.6 is 0 Å². The number of rotatable bonds is 5. The zero-order valence-corrected chi connectivity index (χ0v) is 15.9. The molecule has 0 spiro atoms. The summed E-state index contributed by atoms with van der Waals surface area (Å²) in [6.07, 6.45) is 0. The molecular weight excluding hydrogens is 346 g/mol. The lowest BCUT2D eigenvalue weighted by Crippen LogP contribution is -2.36. The van der Waals surface area contributed by atoms with Gasteiger partial charge in [-0.25, -0.2) is 0 Å². The summed E-state index contributed by atoms with van der Waals surface area (Å²) in [6, 6.07) is 8.83. The summed E-state index contributed by atoms with van der Waals surface area (Å²) in [7, 11) is 3.09. The van der Waals surface area contributed by atoms with Crippen molar-refractivity contribution in [3.8, 4) is 11.5 Å². The number of ether oxygens (including phenoxy) is 3. The number of nitrogens with zero attached hydrogens (tertiary/aromatic N) is 1. The quantitative estimate of drug-likeness (QED) is 0.786. The molecule has 2 aromatic rings. The number of carbonyl (C=O) groups is 1. The highest BCUT2D eigenvalue weighted by molar-refractivity contribution is 6.06. The summed E-state index contributed by atoms with van der Waals surface area (Å²) in [5.41, 5.74) is 9.83. The van der Waals surface area contributed by atoms with E-state index < -0.39 is 0 Å². The summed E-state index contributed by atoms with van der Waals surface area (Å²) >= 11 is 0. The van der Waals surface area contributed by atoms with Crippen molar-refractivity contribution < 1.29 is 19.0 Å². The average Bonchev–Trinajstić information content (AvgIpc) is 2.70. The molecule has 0 bridgehead atoms. The number of nitrogen functional groups attached to an aromatic ring is 1. The Morgan fingerprint density at radius 3 is 2.48 bits per heavy atom. The second-order valence-corrected chi connectivity index (χ2v) is 6.35. The van der Waals surface area contributed by atoms with Gasteiger partial charge in [0.25, 0.3) is 5.91 Å². The van der Waals surface area contributed by atoms with Crippen LogP contribution in [0.15, 0.2) is 30.3 Å². The lowest BCUT2D eigenvalue weighted by Gasteiger charge is -2.30. The number of nitrogens with one attached hydrogen (secondary N) is 1. The first-order valence-electron chi connectivity index (χ1n) is 8.79. The van der Waals surface area contributed by atoms with E-state index in [1.54, 1.807) is 25.3 Å². The lowest BCUT2D eigenvalue weighted by molar-refractivity contribution is 0.102. The van der Waals surface area contributed by atoms with E-state index in [1.807, 2.05) is 19.1 Å². The molecule has 144 valence electrons. The number of aryl methyl sites for hydroxylation is 1. The van der Waals surface area contributed by atoms with Crippen LogP contribution in [0.1, 0.15) is 15.9 Å². The standard InChI is InChI=1S/C20H25N3O4/c1-13-10-15(21)16(12-17(13)23-6-8-27-9-7-23)22-20(24)14-4-5-18(25-2)19(11-14)26-3/h4-5,10-12H,6-9,21H2,1-3H3,(H,22,24). The molecule has 1 fully saturated rings. The second kappa shape index (κ2) is 8.18. The Morgan fingerprint density at radius 2 is 1.81 bits per heavy atom. The van der Waals surface area contributed by atoms with Crippen molar-refractivity contribution in [2.24, 2.45) is 0 Å². The first kappa shape index (κ1) is 18.8. The topological polar surface area (TPSA) is 86.0 Å². The van der Waals surface area contributed by atoms with Crippen molar-refractivity contribution in [1.82, 2.24) is 0 Å². The van der Waals surface area contributed by atoms with Crippen LogP contribution in [0.4, 0.5) is 17.1 Å². The highest BCUT2D eigenvalue weighted by Crippen LogP contribution is 2.32. The van der Waals surface area contributed by atoms with Crippen LogP contribution in [-0.2, 0) is 4.74 Å². The number of nitrogens with two attached hydrogens (primary N) is 1. The number of hydrogen-bond acceptors (Lipinski definition) is 6. The molecule has 1 heterocycles. The number of amides is 1. The molecule has 3 rings (SSSR count). The highest BCUT2D eigenvalue weighted by Gasteiger charge is 2.17. The van der Waals surface area contributed by atoms with Gasteiger partial charge in [-0.3, -0.25) is 4.79 Å². The van der Waals surface area contributed by atoms with E-state index in [0.29, 0.717) is 41.7 Å². The number of anilines is 3. The molecule has 1 saturated heterocycles. The molecule has 0 radical (unpaired) electrons. The van der Waals surface area contributed by atoms with Gasteiger partial charge >= 0.3 is 0 Å². The van der Waals surface area contributed by atoms with Crippen molar-refractivity contribution in [1.29, 1.82) is 0 Å². The van der Waals surface area contributed by atoms with Crippen molar-refractivity contribution >= 4 is 23.0 Å². The van der Waals surface area contributed by atoms with Gasteiger partial charge in [-0.1, -0.05) is 0 Å².